The van der Waals surface area contributed by atoms with Crippen molar-refractivity contribution in [3.63, 3.8) is 0 Å². The molecule has 4 rings (SSSR count). The van der Waals surface area contributed by atoms with Gasteiger partial charge in [-0.25, -0.2) is 9.59 Å². The van der Waals surface area contributed by atoms with Gasteiger partial charge in [-0.05, 0) is 42.0 Å². The number of fused-ring (bicyclic) bond motifs is 1. The zero-order valence-electron chi connectivity index (χ0n) is 17.1. The summed E-state index contributed by atoms with van der Waals surface area (Å²) in [5.74, 6) is 0.683. The lowest BCUT2D eigenvalue weighted by Gasteiger charge is -2.38. The second-order valence-corrected chi connectivity index (χ2v) is 8.04. The fourth-order valence-corrected chi connectivity index (χ4v) is 4.04. The molecule has 2 aromatic carbocycles. The van der Waals surface area contributed by atoms with E-state index in [0.717, 1.165) is 16.7 Å². The number of hydrogen-bond donors (Lipinski definition) is 3. The second kappa shape index (κ2) is 8.85. The van der Waals surface area contributed by atoms with Crippen LogP contribution in [-0.2, 0) is 23.4 Å². The zero-order valence-corrected chi connectivity index (χ0v) is 17.1. The van der Waals surface area contributed by atoms with Crippen molar-refractivity contribution >= 4 is 12.2 Å². The molecule has 1 atom stereocenters. The van der Waals surface area contributed by atoms with Crippen LogP contribution in [0, 0.1) is 0 Å². The topological polar surface area (TPSA) is 108 Å². The number of ether oxygens (including phenoxy) is 2. The predicted octanol–water partition coefficient (Wildman–Crippen LogP) is 2.88. The molecule has 1 saturated heterocycles. The number of piperidine rings is 1. The third kappa shape index (κ3) is 4.91. The van der Waals surface area contributed by atoms with E-state index in [4.69, 9.17) is 14.6 Å². The predicted molar refractivity (Wildman–Crippen MR) is 112 cm³/mol. The zero-order chi connectivity index (χ0) is 21.8. The molecule has 2 heterocycles. The minimum Gasteiger partial charge on any atom is -0.491 e. The van der Waals surface area contributed by atoms with Crippen LogP contribution in [0.3, 0.4) is 0 Å². The van der Waals surface area contributed by atoms with Gasteiger partial charge < -0.3 is 29.9 Å². The van der Waals surface area contributed by atoms with Crippen molar-refractivity contribution in [2.24, 2.45) is 0 Å². The number of nitrogens with zero attached hydrogens (tertiary/aromatic N) is 1. The van der Waals surface area contributed by atoms with Crippen LogP contribution in [0.5, 0.6) is 5.75 Å². The van der Waals surface area contributed by atoms with Crippen molar-refractivity contribution in [1.29, 1.82) is 0 Å². The highest BCUT2D eigenvalue weighted by molar-refractivity contribution is 5.68. The highest BCUT2D eigenvalue weighted by atomic mass is 16.5. The molecule has 0 aliphatic carbocycles. The smallest absolute Gasteiger partial charge is 0.407 e. The van der Waals surface area contributed by atoms with E-state index in [1.165, 1.54) is 4.90 Å². The molecule has 0 aromatic heterocycles. The molecule has 1 fully saturated rings. The SMILES string of the molecule is O=C(N[C@@H]1COc2cc(C3(O)CCN(C(=O)O)CC3)ccc2C1)OCc1ccccc1. The Morgan fingerprint density at radius 1 is 1.16 bits per heavy atom. The maximum atomic E-state index is 12.1. The Morgan fingerprint density at radius 3 is 2.61 bits per heavy atom. The Hall–Kier alpha value is -3.26. The normalized spacial score (nSPS) is 19.6. The molecular formula is C23H26N2O6. The number of nitrogens with one attached hydrogen (secondary N) is 1. The van der Waals surface area contributed by atoms with E-state index in [-0.39, 0.29) is 12.6 Å². The fraction of sp³-hybridized carbons (Fsp3) is 0.391. The van der Waals surface area contributed by atoms with Gasteiger partial charge in [0.25, 0.3) is 0 Å². The first-order valence-electron chi connectivity index (χ1n) is 10.4. The van der Waals surface area contributed by atoms with Gasteiger partial charge in [0, 0.05) is 13.1 Å². The van der Waals surface area contributed by atoms with Gasteiger partial charge in [0.1, 0.15) is 19.0 Å². The number of carboxylic acid groups (broad SMARTS) is 1. The lowest BCUT2D eigenvalue weighted by atomic mass is 9.83. The summed E-state index contributed by atoms with van der Waals surface area (Å²) >= 11 is 0. The first-order valence-corrected chi connectivity index (χ1v) is 10.4. The van der Waals surface area contributed by atoms with Crippen LogP contribution < -0.4 is 10.1 Å². The first-order chi connectivity index (χ1) is 14.9. The van der Waals surface area contributed by atoms with E-state index in [2.05, 4.69) is 5.32 Å². The van der Waals surface area contributed by atoms with Gasteiger partial charge in [-0.15, -0.1) is 0 Å². The molecule has 0 unspecified atom stereocenters. The Kier molecular flexibility index (Phi) is 5.99. The van der Waals surface area contributed by atoms with Gasteiger partial charge >= 0.3 is 12.2 Å². The van der Waals surface area contributed by atoms with Gasteiger partial charge in [-0.3, -0.25) is 0 Å². The summed E-state index contributed by atoms with van der Waals surface area (Å²) in [4.78, 5) is 24.5. The van der Waals surface area contributed by atoms with Crippen molar-refractivity contribution in [1.82, 2.24) is 10.2 Å². The van der Waals surface area contributed by atoms with Crippen LogP contribution in [0.2, 0.25) is 0 Å². The summed E-state index contributed by atoms with van der Waals surface area (Å²) in [6.07, 6.45) is -0.166. The van der Waals surface area contributed by atoms with E-state index in [1.54, 1.807) is 0 Å². The number of hydrogen-bond acceptors (Lipinski definition) is 5. The van der Waals surface area contributed by atoms with E-state index in [0.29, 0.717) is 44.7 Å². The molecule has 0 saturated carbocycles. The lowest BCUT2D eigenvalue weighted by molar-refractivity contribution is -0.0215. The van der Waals surface area contributed by atoms with Gasteiger partial charge in [0.05, 0.1) is 11.6 Å². The Balaban J connectivity index is 1.33. The number of aliphatic hydroxyl groups is 1. The molecule has 2 amide bonds. The monoisotopic (exact) mass is 426 g/mol. The van der Waals surface area contributed by atoms with Crippen molar-refractivity contribution < 1.29 is 29.3 Å². The molecule has 0 spiro atoms. The van der Waals surface area contributed by atoms with Crippen LogP contribution in [0.15, 0.2) is 48.5 Å². The second-order valence-electron chi connectivity index (χ2n) is 8.04. The number of likely N-dealkylation sites (tertiary alicyclic amines) is 1. The molecule has 2 aliphatic heterocycles. The molecule has 164 valence electrons. The fourth-order valence-electron chi connectivity index (χ4n) is 4.04. The van der Waals surface area contributed by atoms with Crippen molar-refractivity contribution in [2.75, 3.05) is 19.7 Å². The van der Waals surface area contributed by atoms with E-state index in [9.17, 15) is 14.7 Å². The highest BCUT2D eigenvalue weighted by Crippen LogP contribution is 2.36. The molecule has 3 N–H and O–H groups in total. The molecule has 0 radical (unpaired) electrons. The van der Waals surface area contributed by atoms with E-state index in [1.807, 2.05) is 48.5 Å². The number of carbonyl (C=O) groups is 2. The van der Waals surface area contributed by atoms with Crippen molar-refractivity contribution in [3.8, 4) is 5.75 Å². The Morgan fingerprint density at radius 2 is 1.90 bits per heavy atom. The van der Waals surface area contributed by atoms with E-state index >= 15 is 0 Å². The number of amides is 2. The molecule has 8 nitrogen and oxygen atoms in total. The van der Waals surface area contributed by atoms with E-state index < -0.39 is 17.8 Å². The number of carbonyl (C=O) groups excluding carboxylic acids is 1. The third-order valence-corrected chi connectivity index (χ3v) is 5.91. The molecule has 31 heavy (non-hydrogen) atoms. The molecule has 2 aromatic rings. The average molecular weight is 426 g/mol. The number of benzene rings is 2. The van der Waals surface area contributed by atoms with Crippen molar-refractivity contribution in [2.45, 2.75) is 37.5 Å². The summed E-state index contributed by atoms with van der Waals surface area (Å²) in [6, 6.07) is 14.9. The maximum absolute atomic E-state index is 12.1. The quantitative estimate of drug-likeness (QED) is 0.694. The molecule has 2 aliphatic rings. The van der Waals surface area contributed by atoms with Crippen LogP contribution in [0.4, 0.5) is 9.59 Å². The summed E-state index contributed by atoms with van der Waals surface area (Å²) < 4.78 is 11.1. The summed E-state index contributed by atoms with van der Waals surface area (Å²) in [5, 5.41) is 23.0. The van der Waals surface area contributed by atoms with Gasteiger partial charge in [0.2, 0.25) is 0 Å². The largest absolute Gasteiger partial charge is 0.491 e. The molecule has 8 heteroatoms. The number of alkyl carbamates (subject to hydrolysis) is 1. The molecule has 0 bridgehead atoms. The maximum Gasteiger partial charge on any atom is 0.407 e. The van der Waals surface area contributed by atoms with Crippen molar-refractivity contribution in [3.05, 3.63) is 65.2 Å². The third-order valence-electron chi connectivity index (χ3n) is 5.91. The van der Waals surface area contributed by atoms with Crippen LogP contribution in [0.1, 0.15) is 29.5 Å². The highest BCUT2D eigenvalue weighted by Gasteiger charge is 2.36. The Bertz CT molecular complexity index is 940. The average Bonchev–Trinajstić information content (AvgIpc) is 2.78. The van der Waals surface area contributed by atoms with Crippen LogP contribution in [0.25, 0.3) is 0 Å². The Labute approximate surface area is 180 Å². The van der Waals surface area contributed by atoms with Gasteiger partial charge in [-0.2, -0.15) is 0 Å². The van der Waals surface area contributed by atoms with Crippen LogP contribution >= 0.6 is 0 Å². The summed E-state index contributed by atoms with van der Waals surface area (Å²) in [7, 11) is 0. The summed E-state index contributed by atoms with van der Waals surface area (Å²) in [6.45, 7) is 1.10. The minimum atomic E-state index is -1.07. The summed E-state index contributed by atoms with van der Waals surface area (Å²) in [5.41, 5.74) is 1.52. The minimum absolute atomic E-state index is 0.205. The van der Waals surface area contributed by atoms with Gasteiger partial charge in [0.15, 0.2) is 0 Å². The number of rotatable bonds is 4. The van der Waals surface area contributed by atoms with Crippen LogP contribution in [-0.4, -0.2) is 53.0 Å². The molecular weight excluding hydrogens is 400 g/mol. The lowest BCUT2D eigenvalue weighted by Crippen LogP contribution is -2.45. The standard InChI is InChI=1S/C23H26N2O6/c26-21(31-14-16-4-2-1-3-5-16)24-19-12-17-6-7-18(13-20(17)30-15-19)23(29)8-10-25(11-9-23)22(27)28/h1-7,13,19,29H,8-12,14-15H2,(H,24,26)(H,27,28)/t19-/m0/s1. The van der Waals surface area contributed by atoms with Gasteiger partial charge in [-0.1, -0.05) is 42.5 Å². The first kappa shape index (κ1) is 21.0.